The van der Waals surface area contributed by atoms with E-state index >= 15 is 0 Å². The van der Waals surface area contributed by atoms with Crippen LogP contribution in [0, 0.1) is 10.8 Å². The molecule has 0 spiro atoms. The number of carbonyl (C=O) groups is 1. The van der Waals surface area contributed by atoms with E-state index in [-0.39, 0.29) is 29.1 Å². The Morgan fingerprint density at radius 1 is 1.30 bits per heavy atom. The summed E-state index contributed by atoms with van der Waals surface area (Å²) in [6.07, 6.45) is 5.04. The molecule has 2 N–H and O–H groups in total. The summed E-state index contributed by atoms with van der Waals surface area (Å²) in [5, 5.41) is 0. The first-order valence-electron chi connectivity index (χ1n) is 7.62. The number of hydrogen-bond acceptors (Lipinski definition) is 3. The summed E-state index contributed by atoms with van der Waals surface area (Å²) in [6, 6.07) is 0. The monoisotopic (exact) mass is 304 g/mol. The lowest BCUT2D eigenvalue weighted by molar-refractivity contribution is -0.150. The molecule has 2 aliphatic rings. The largest absolute Gasteiger partial charge is 0.381 e. The molecule has 2 rings (SSSR count). The van der Waals surface area contributed by atoms with Gasteiger partial charge in [-0.05, 0) is 37.5 Å². The second-order valence-electron chi connectivity index (χ2n) is 6.59. The Hall–Kier alpha value is -0.320. The van der Waals surface area contributed by atoms with E-state index in [2.05, 4.69) is 18.7 Å². The number of piperidine rings is 1. The minimum atomic E-state index is -0.357. The van der Waals surface area contributed by atoms with E-state index in [4.69, 9.17) is 10.5 Å². The number of nitrogens with zero attached hydrogens (tertiary/aromatic N) is 1. The van der Waals surface area contributed by atoms with Gasteiger partial charge in [0, 0.05) is 32.8 Å². The molecule has 2 fully saturated rings. The Labute approximate surface area is 128 Å². The normalized spacial score (nSPS) is 29.6. The molecule has 1 amide bonds. The molecule has 0 aromatic rings. The van der Waals surface area contributed by atoms with Gasteiger partial charge in [-0.2, -0.15) is 0 Å². The maximum Gasteiger partial charge on any atom is 0.230 e. The maximum absolute atomic E-state index is 12.9. The fourth-order valence-corrected chi connectivity index (χ4v) is 3.38. The van der Waals surface area contributed by atoms with Gasteiger partial charge in [-0.3, -0.25) is 4.79 Å². The highest BCUT2D eigenvalue weighted by Gasteiger charge is 2.43. The molecule has 0 aromatic carbocycles. The molecule has 0 aliphatic carbocycles. The lowest BCUT2D eigenvalue weighted by atomic mass is 9.75. The molecule has 0 aromatic heterocycles. The van der Waals surface area contributed by atoms with Gasteiger partial charge in [0.15, 0.2) is 0 Å². The molecule has 2 aliphatic heterocycles. The van der Waals surface area contributed by atoms with Crippen molar-refractivity contribution in [1.82, 2.24) is 4.90 Å². The second-order valence-corrected chi connectivity index (χ2v) is 6.59. The third-order valence-electron chi connectivity index (χ3n) is 5.22. The van der Waals surface area contributed by atoms with Crippen molar-refractivity contribution in [3.8, 4) is 0 Å². The molecular formula is C15H29ClN2O2. The first-order chi connectivity index (χ1) is 9.05. The Bertz CT molecular complexity index is 332. The van der Waals surface area contributed by atoms with Crippen LogP contribution in [0.3, 0.4) is 0 Å². The molecule has 2 saturated heterocycles. The van der Waals surface area contributed by atoms with Gasteiger partial charge in [0.2, 0.25) is 5.91 Å². The molecule has 0 bridgehead atoms. The number of ether oxygens (including phenoxy) is 1. The standard InChI is InChI=1S/C15H28N2O2.ClH/c1-3-14(2)5-4-8-17(12-14)13(18)15(11-16)6-9-19-10-7-15;/h3-12,16H2,1-2H3;1H. The number of halogens is 1. The average molecular weight is 305 g/mol. The van der Waals surface area contributed by atoms with Crippen LogP contribution < -0.4 is 5.73 Å². The van der Waals surface area contributed by atoms with Gasteiger partial charge < -0.3 is 15.4 Å². The first-order valence-corrected chi connectivity index (χ1v) is 7.62. The third-order valence-corrected chi connectivity index (χ3v) is 5.22. The van der Waals surface area contributed by atoms with Crippen LogP contribution in [-0.4, -0.2) is 43.7 Å². The summed E-state index contributed by atoms with van der Waals surface area (Å²) < 4.78 is 5.40. The first kappa shape index (κ1) is 17.7. The van der Waals surface area contributed by atoms with E-state index in [1.807, 2.05) is 0 Å². The SMILES string of the molecule is CCC1(C)CCCN(C(=O)C2(CN)CCOCC2)C1.Cl. The van der Waals surface area contributed by atoms with Crippen LogP contribution in [0.5, 0.6) is 0 Å². The Morgan fingerprint density at radius 3 is 2.50 bits per heavy atom. The topological polar surface area (TPSA) is 55.6 Å². The number of carbonyl (C=O) groups excluding carboxylic acids is 1. The zero-order chi connectivity index (χ0) is 13.9. The number of rotatable bonds is 3. The zero-order valence-electron chi connectivity index (χ0n) is 12.8. The minimum Gasteiger partial charge on any atom is -0.381 e. The van der Waals surface area contributed by atoms with Gasteiger partial charge in [0.05, 0.1) is 5.41 Å². The molecule has 5 heteroatoms. The summed E-state index contributed by atoms with van der Waals surface area (Å²) in [5.41, 5.74) is 5.87. The third kappa shape index (κ3) is 3.46. The minimum absolute atomic E-state index is 0. The lowest BCUT2D eigenvalue weighted by Gasteiger charge is -2.45. The van der Waals surface area contributed by atoms with Crippen LogP contribution in [-0.2, 0) is 9.53 Å². The molecule has 0 saturated carbocycles. The van der Waals surface area contributed by atoms with E-state index in [9.17, 15) is 4.79 Å². The maximum atomic E-state index is 12.9. The van der Waals surface area contributed by atoms with Crippen LogP contribution in [0.25, 0.3) is 0 Å². The van der Waals surface area contributed by atoms with Crippen molar-refractivity contribution in [2.24, 2.45) is 16.6 Å². The molecule has 4 nitrogen and oxygen atoms in total. The van der Waals surface area contributed by atoms with E-state index in [0.29, 0.717) is 19.8 Å². The smallest absolute Gasteiger partial charge is 0.230 e. The van der Waals surface area contributed by atoms with Crippen LogP contribution in [0.2, 0.25) is 0 Å². The van der Waals surface area contributed by atoms with Crippen molar-refractivity contribution in [1.29, 1.82) is 0 Å². The van der Waals surface area contributed by atoms with Gasteiger partial charge >= 0.3 is 0 Å². The summed E-state index contributed by atoms with van der Waals surface area (Å²) in [5.74, 6) is 0.276. The van der Waals surface area contributed by atoms with E-state index < -0.39 is 0 Å². The van der Waals surface area contributed by atoms with Crippen molar-refractivity contribution in [3.63, 3.8) is 0 Å². The van der Waals surface area contributed by atoms with E-state index in [0.717, 1.165) is 38.8 Å². The Morgan fingerprint density at radius 2 is 1.95 bits per heavy atom. The van der Waals surface area contributed by atoms with Crippen molar-refractivity contribution < 1.29 is 9.53 Å². The van der Waals surface area contributed by atoms with Crippen molar-refractivity contribution in [3.05, 3.63) is 0 Å². The molecule has 0 radical (unpaired) electrons. The molecule has 118 valence electrons. The highest BCUT2D eigenvalue weighted by Crippen LogP contribution is 2.37. The highest BCUT2D eigenvalue weighted by atomic mass is 35.5. The van der Waals surface area contributed by atoms with E-state index in [1.165, 1.54) is 6.42 Å². The quantitative estimate of drug-likeness (QED) is 0.869. The van der Waals surface area contributed by atoms with Gasteiger partial charge in [-0.15, -0.1) is 12.4 Å². The number of nitrogens with two attached hydrogens (primary N) is 1. The summed E-state index contributed by atoms with van der Waals surface area (Å²) in [4.78, 5) is 15.0. The number of amides is 1. The summed E-state index contributed by atoms with van der Waals surface area (Å²) in [7, 11) is 0. The summed E-state index contributed by atoms with van der Waals surface area (Å²) in [6.45, 7) is 8.10. The predicted molar refractivity (Wildman–Crippen MR) is 83.0 cm³/mol. The fourth-order valence-electron chi connectivity index (χ4n) is 3.38. The molecule has 20 heavy (non-hydrogen) atoms. The number of likely N-dealkylation sites (tertiary alicyclic amines) is 1. The van der Waals surface area contributed by atoms with Crippen molar-refractivity contribution in [2.45, 2.75) is 46.0 Å². The highest BCUT2D eigenvalue weighted by molar-refractivity contribution is 5.85. The van der Waals surface area contributed by atoms with Crippen molar-refractivity contribution >= 4 is 18.3 Å². The molecular weight excluding hydrogens is 276 g/mol. The predicted octanol–water partition coefficient (Wildman–Crippen LogP) is 2.20. The second kappa shape index (κ2) is 7.10. The molecule has 1 unspecified atom stereocenters. The van der Waals surface area contributed by atoms with Gasteiger partial charge in [0.25, 0.3) is 0 Å². The van der Waals surface area contributed by atoms with Crippen LogP contribution in [0.4, 0.5) is 0 Å². The van der Waals surface area contributed by atoms with Crippen LogP contribution in [0.15, 0.2) is 0 Å². The van der Waals surface area contributed by atoms with Gasteiger partial charge in [0.1, 0.15) is 0 Å². The van der Waals surface area contributed by atoms with Gasteiger partial charge in [-0.25, -0.2) is 0 Å². The van der Waals surface area contributed by atoms with Gasteiger partial charge in [-0.1, -0.05) is 13.8 Å². The van der Waals surface area contributed by atoms with E-state index in [1.54, 1.807) is 0 Å². The van der Waals surface area contributed by atoms with Crippen LogP contribution in [0.1, 0.15) is 46.0 Å². The summed E-state index contributed by atoms with van der Waals surface area (Å²) >= 11 is 0. The molecule has 2 heterocycles. The number of hydrogen-bond donors (Lipinski definition) is 1. The van der Waals surface area contributed by atoms with Crippen molar-refractivity contribution in [2.75, 3.05) is 32.8 Å². The Kier molecular flexibility index (Phi) is 6.29. The molecule has 1 atom stereocenters. The average Bonchev–Trinajstić information content (AvgIpc) is 2.47. The van der Waals surface area contributed by atoms with Crippen LogP contribution >= 0.6 is 12.4 Å². The zero-order valence-corrected chi connectivity index (χ0v) is 13.6. The lowest BCUT2D eigenvalue weighted by Crippen LogP contribution is -2.54. The Balaban J connectivity index is 0.00000200. The fraction of sp³-hybridized carbons (Fsp3) is 0.933.